The molecule has 32 heavy (non-hydrogen) atoms. The predicted octanol–water partition coefficient (Wildman–Crippen LogP) is 5.31. The summed E-state index contributed by atoms with van der Waals surface area (Å²) in [5.41, 5.74) is 4.28. The Kier molecular flexibility index (Phi) is 6.16. The Labute approximate surface area is 185 Å². The number of aromatic carboxylic acids is 1. The number of hydrogen-bond acceptors (Lipinski definition) is 4. The number of nitrogens with zero attached hydrogens (tertiary/aromatic N) is 3. The maximum absolute atomic E-state index is 14.3. The lowest BCUT2D eigenvalue weighted by Crippen LogP contribution is -2.13. The van der Waals surface area contributed by atoms with E-state index in [0.717, 1.165) is 28.6 Å². The van der Waals surface area contributed by atoms with Crippen molar-refractivity contribution < 1.29 is 14.3 Å². The van der Waals surface area contributed by atoms with Gasteiger partial charge in [-0.3, -0.25) is 0 Å². The van der Waals surface area contributed by atoms with Crippen LogP contribution in [0.4, 0.5) is 10.2 Å². The number of aromatic nitrogens is 3. The van der Waals surface area contributed by atoms with Crippen molar-refractivity contribution in [3.8, 4) is 11.3 Å². The number of nitrogens with one attached hydrogen (secondary N) is 1. The van der Waals surface area contributed by atoms with E-state index in [9.17, 15) is 14.3 Å². The third-order valence-corrected chi connectivity index (χ3v) is 5.54. The van der Waals surface area contributed by atoms with E-state index in [1.165, 1.54) is 12.4 Å². The molecule has 4 aromatic rings. The minimum absolute atomic E-state index is 0.229. The Bertz CT molecular complexity index is 1280. The number of para-hydroxylation sites is 1. The van der Waals surface area contributed by atoms with Gasteiger partial charge in [-0.25, -0.2) is 19.2 Å². The lowest BCUT2D eigenvalue weighted by molar-refractivity contribution is 0.0695. The van der Waals surface area contributed by atoms with Crippen LogP contribution in [0.2, 0.25) is 0 Å². The molecule has 0 saturated heterocycles. The van der Waals surface area contributed by atoms with Crippen LogP contribution in [0.25, 0.3) is 22.2 Å². The van der Waals surface area contributed by atoms with Crippen molar-refractivity contribution in [2.75, 3.05) is 11.9 Å². The van der Waals surface area contributed by atoms with Crippen LogP contribution < -0.4 is 5.32 Å². The zero-order valence-electron chi connectivity index (χ0n) is 18.1. The summed E-state index contributed by atoms with van der Waals surface area (Å²) in [4.78, 5) is 20.1. The third-order valence-electron chi connectivity index (χ3n) is 5.54. The Morgan fingerprint density at radius 2 is 2.00 bits per heavy atom. The molecular weight excluding hydrogens is 407 g/mol. The summed E-state index contributed by atoms with van der Waals surface area (Å²) in [5, 5.41) is 13.6. The summed E-state index contributed by atoms with van der Waals surface area (Å²) >= 11 is 0. The van der Waals surface area contributed by atoms with Gasteiger partial charge < -0.3 is 15.0 Å². The number of anilines is 1. The highest BCUT2D eigenvalue weighted by Crippen LogP contribution is 2.24. The first-order valence-electron chi connectivity index (χ1n) is 10.6. The van der Waals surface area contributed by atoms with Gasteiger partial charge in [0.15, 0.2) is 0 Å². The molecule has 2 aromatic carbocycles. The normalized spacial score (nSPS) is 11.1. The average Bonchev–Trinajstić information content (AvgIpc) is 3.10. The molecule has 0 aliphatic carbocycles. The van der Waals surface area contributed by atoms with E-state index in [4.69, 9.17) is 0 Å². The minimum atomic E-state index is -0.922. The molecule has 0 atom stereocenters. The smallest absolute Gasteiger partial charge is 0.335 e. The number of rotatable bonds is 8. The van der Waals surface area contributed by atoms with E-state index in [1.807, 2.05) is 42.7 Å². The highest BCUT2D eigenvalue weighted by molar-refractivity contribution is 5.90. The maximum Gasteiger partial charge on any atom is 0.335 e. The molecule has 0 saturated carbocycles. The molecule has 2 N–H and O–H groups in total. The molecule has 0 bridgehead atoms. The van der Waals surface area contributed by atoms with Crippen molar-refractivity contribution in [3.63, 3.8) is 0 Å². The van der Waals surface area contributed by atoms with Crippen LogP contribution >= 0.6 is 0 Å². The van der Waals surface area contributed by atoms with Gasteiger partial charge in [0.1, 0.15) is 18.0 Å². The second kappa shape index (κ2) is 9.18. The molecule has 2 aromatic heterocycles. The van der Waals surface area contributed by atoms with Gasteiger partial charge in [-0.15, -0.1) is 0 Å². The van der Waals surface area contributed by atoms with Crippen LogP contribution in [-0.4, -0.2) is 32.2 Å². The summed E-state index contributed by atoms with van der Waals surface area (Å²) in [6, 6.07) is 14.2. The van der Waals surface area contributed by atoms with Crippen molar-refractivity contribution in [1.82, 2.24) is 14.5 Å². The van der Waals surface area contributed by atoms with Crippen LogP contribution in [-0.2, 0) is 13.0 Å². The van der Waals surface area contributed by atoms with E-state index in [0.29, 0.717) is 42.1 Å². The van der Waals surface area contributed by atoms with E-state index >= 15 is 0 Å². The number of hydrogen-bond donors (Lipinski definition) is 2. The monoisotopic (exact) mass is 432 g/mol. The molecule has 0 amide bonds. The van der Waals surface area contributed by atoms with Gasteiger partial charge in [0.2, 0.25) is 0 Å². The molecular formula is C25H25FN4O2. The molecule has 0 aliphatic heterocycles. The first-order valence-corrected chi connectivity index (χ1v) is 10.6. The molecule has 0 fully saturated rings. The molecule has 7 heteroatoms. The van der Waals surface area contributed by atoms with Gasteiger partial charge in [-0.05, 0) is 43.2 Å². The first-order chi connectivity index (χ1) is 15.5. The Hall–Kier alpha value is -3.74. The average molecular weight is 432 g/mol. The number of benzene rings is 2. The quantitative estimate of drug-likeness (QED) is 0.394. The first kappa shape index (κ1) is 21.5. The maximum atomic E-state index is 14.3. The second-order valence-electron chi connectivity index (χ2n) is 7.76. The number of aryl methyl sites for hydroxylation is 2. The fourth-order valence-electron chi connectivity index (χ4n) is 4.05. The molecule has 0 radical (unpaired) electrons. The summed E-state index contributed by atoms with van der Waals surface area (Å²) in [6.07, 6.45) is 3.03. The van der Waals surface area contributed by atoms with Gasteiger partial charge in [0.05, 0.1) is 16.8 Å². The number of halogens is 1. The van der Waals surface area contributed by atoms with Crippen molar-refractivity contribution in [2.24, 2.45) is 0 Å². The van der Waals surface area contributed by atoms with Crippen LogP contribution in [0.15, 0.2) is 54.9 Å². The third kappa shape index (κ3) is 4.32. The van der Waals surface area contributed by atoms with Crippen LogP contribution in [0.1, 0.15) is 35.0 Å². The van der Waals surface area contributed by atoms with Crippen molar-refractivity contribution in [3.05, 3.63) is 77.5 Å². The van der Waals surface area contributed by atoms with Gasteiger partial charge in [0, 0.05) is 35.8 Å². The Balaban J connectivity index is 1.52. The van der Waals surface area contributed by atoms with E-state index in [-0.39, 0.29) is 5.82 Å². The fourth-order valence-corrected chi connectivity index (χ4v) is 4.05. The molecule has 164 valence electrons. The lowest BCUT2D eigenvalue weighted by Gasteiger charge is -2.12. The molecule has 0 spiro atoms. The summed E-state index contributed by atoms with van der Waals surface area (Å²) in [7, 11) is 0. The Morgan fingerprint density at radius 1 is 1.16 bits per heavy atom. The Morgan fingerprint density at radius 3 is 2.78 bits per heavy atom. The van der Waals surface area contributed by atoms with Crippen molar-refractivity contribution >= 4 is 22.7 Å². The van der Waals surface area contributed by atoms with Gasteiger partial charge in [-0.2, -0.15) is 0 Å². The van der Waals surface area contributed by atoms with Crippen LogP contribution in [0, 0.1) is 12.7 Å². The number of carboxylic acid groups (broad SMARTS) is 1. The van der Waals surface area contributed by atoms with Crippen LogP contribution in [0.5, 0.6) is 0 Å². The fraction of sp³-hybridized carbons (Fsp3) is 0.240. The highest BCUT2D eigenvalue weighted by Gasteiger charge is 2.13. The van der Waals surface area contributed by atoms with Crippen molar-refractivity contribution in [2.45, 2.75) is 33.2 Å². The molecule has 4 rings (SSSR count). The molecule has 2 heterocycles. The molecule has 6 nitrogen and oxygen atoms in total. The summed E-state index contributed by atoms with van der Waals surface area (Å²) in [6.45, 7) is 5.14. The molecule has 0 unspecified atom stereocenters. The zero-order chi connectivity index (χ0) is 22.7. The standard InChI is InChI=1S/C25H25FN4O2/c1-3-5-17-13-18(8-9-20(17)25(31)32)22-14-23(29-15-28-22)27-10-11-30-16(2)12-19-6-4-7-21(26)24(19)30/h4,6-9,12-15H,3,5,10-11H2,1-2H3,(H,31,32)(H,27,28,29). The van der Waals surface area contributed by atoms with Crippen molar-refractivity contribution in [1.29, 1.82) is 0 Å². The topological polar surface area (TPSA) is 80.0 Å². The zero-order valence-corrected chi connectivity index (χ0v) is 18.1. The van der Waals surface area contributed by atoms with Crippen LogP contribution in [0.3, 0.4) is 0 Å². The second-order valence-corrected chi connectivity index (χ2v) is 7.76. The molecule has 0 aliphatic rings. The van der Waals surface area contributed by atoms with Gasteiger partial charge in [0.25, 0.3) is 0 Å². The van der Waals surface area contributed by atoms with E-state index in [2.05, 4.69) is 15.3 Å². The number of carboxylic acids is 1. The van der Waals surface area contributed by atoms with Gasteiger partial charge >= 0.3 is 5.97 Å². The lowest BCUT2D eigenvalue weighted by atomic mass is 9.99. The SMILES string of the molecule is CCCc1cc(-c2cc(NCCn3c(C)cc4cccc(F)c43)ncn2)ccc1C(=O)O. The highest BCUT2D eigenvalue weighted by atomic mass is 19.1. The summed E-state index contributed by atoms with van der Waals surface area (Å²) < 4.78 is 16.3. The summed E-state index contributed by atoms with van der Waals surface area (Å²) in [5.74, 6) is -0.495. The predicted molar refractivity (Wildman–Crippen MR) is 124 cm³/mol. The minimum Gasteiger partial charge on any atom is -0.478 e. The van der Waals surface area contributed by atoms with E-state index < -0.39 is 5.97 Å². The number of carbonyl (C=O) groups is 1. The largest absolute Gasteiger partial charge is 0.478 e. The van der Waals surface area contributed by atoms with Gasteiger partial charge in [-0.1, -0.05) is 31.5 Å². The van der Waals surface area contributed by atoms with E-state index in [1.54, 1.807) is 18.2 Å². The number of fused-ring (bicyclic) bond motifs is 1.